The van der Waals surface area contributed by atoms with E-state index < -0.39 is 7.29 Å². The molecule has 1 aliphatic rings. The molecule has 0 bridgehead atoms. The number of hydrogen-bond donors (Lipinski definition) is 0. The first-order chi connectivity index (χ1) is 5.40. The lowest BCUT2D eigenvalue weighted by molar-refractivity contribution is 0.553. The van der Waals surface area contributed by atoms with E-state index >= 15 is 0 Å². The molecule has 1 fully saturated rings. The minimum Gasteiger partial charge on any atom is -0.344 e. The third-order valence-corrected chi connectivity index (χ3v) is 2.44. The number of nitrogens with zero attached hydrogens (tertiary/aromatic N) is 3. The SMILES string of the molecule is CN1CCN(C)C1=NP(C)(C)=O. The average molecular weight is 189 g/mol. The van der Waals surface area contributed by atoms with Crippen molar-refractivity contribution in [3.8, 4) is 0 Å². The molecule has 0 radical (unpaired) electrons. The predicted octanol–water partition coefficient (Wildman–Crippen LogP) is 0.757. The van der Waals surface area contributed by atoms with Gasteiger partial charge in [0.25, 0.3) is 0 Å². The quantitative estimate of drug-likeness (QED) is 0.571. The number of likely N-dealkylation sites (N-methyl/N-ethyl adjacent to an activating group) is 2. The van der Waals surface area contributed by atoms with Gasteiger partial charge >= 0.3 is 0 Å². The van der Waals surface area contributed by atoms with Crippen molar-refractivity contribution in [2.45, 2.75) is 0 Å². The first kappa shape index (κ1) is 9.59. The Bertz CT molecular complexity index is 233. The van der Waals surface area contributed by atoms with Gasteiger partial charge in [-0.1, -0.05) is 0 Å². The Morgan fingerprint density at radius 2 is 1.67 bits per heavy atom. The molecule has 1 saturated heterocycles. The standard InChI is InChI=1S/C7H16N3OP/c1-9-5-6-10(2)7(9)8-12(3,4)11/h5-6H2,1-4H3. The summed E-state index contributed by atoms with van der Waals surface area (Å²) in [6.07, 6.45) is 0. The molecule has 12 heavy (non-hydrogen) atoms. The van der Waals surface area contributed by atoms with Crippen molar-refractivity contribution in [3.05, 3.63) is 0 Å². The van der Waals surface area contributed by atoms with E-state index in [1.807, 2.05) is 23.9 Å². The molecule has 0 amide bonds. The van der Waals surface area contributed by atoms with E-state index in [-0.39, 0.29) is 0 Å². The van der Waals surface area contributed by atoms with Crippen LogP contribution in [-0.4, -0.2) is 56.3 Å². The molecule has 0 aliphatic carbocycles. The van der Waals surface area contributed by atoms with Crippen molar-refractivity contribution < 1.29 is 4.57 Å². The summed E-state index contributed by atoms with van der Waals surface area (Å²) in [6, 6.07) is 0. The largest absolute Gasteiger partial charge is 0.344 e. The van der Waals surface area contributed by atoms with Crippen molar-refractivity contribution in [2.75, 3.05) is 40.5 Å². The van der Waals surface area contributed by atoms with Gasteiger partial charge in [-0.3, -0.25) is 4.57 Å². The van der Waals surface area contributed by atoms with E-state index in [4.69, 9.17) is 0 Å². The second-order valence-corrected chi connectivity index (χ2v) is 6.33. The zero-order valence-corrected chi connectivity index (χ0v) is 9.01. The molecule has 1 aliphatic heterocycles. The van der Waals surface area contributed by atoms with E-state index in [9.17, 15) is 4.57 Å². The van der Waals surface area contributed by atoms with Gasteiger partial charge in [0.2, 0.25) is 5.96 Å². The molecule has 4 nitrogen and oxygen atoms in total. The van der Waals surface area contributed by atoms with Crippen LogP contribution in [0.3, 0.4) is 0 Å². The predicted molar refractivity (Wildman–Crippen MR) is 52.1 cm³/mol. The Morgan fingerprint density at radius 1 is 1.25 bits per heavy atom. The van der Waals surface area contributed by atoms with E-state index in [0.29, 0.717) is 0 Å². The summed E-state index contributed by atoms with van der Waals surface area (Å²) in [7, 11) is 1.66. The normalized spacial score (nSPS) is 18.8. The van der Waals surface area contributed by atoms with Gasteiger partial charge in [-0.25, -0.2) is 0 Å². The lowest BCUT2D eigenvalue weighted by Gasteiger charge is -2.16. The zero-order valence-electron chi connectivity index (χ0n) is 8.11. The maximum absolute atomic E-state index is 11.4. The van der Waals surface area contributed by atoms with Crippen molar-refractivity contribution in [1.82, 2.24) is 9.80 Å². The zero-order chi connectivity index (χ0) is 9.35. The summed E-state index contributed by atoms with van der Waals surface area (Å²) in [5, 5.41) is 0. The second kappa shape index (κ2) is 3.09. The van der Waals surface area contributed by atoms with Crippen LogP contribution in [0.4, 0.5) is 0 Å². The van der Waals surface area contributed by atoms with Gasteiger partial charge in [-0.2, -0.15) is 4.76 Å². The molecule has 5 heteroatoms. The average Bonchev–Trinajstić information content (AvgIpc) is 2.16. The van der Waals surface area contributed by atoms with Crippen molar-refractivity contribution in [3.63, 3.8) is 0 Å². The fourth-order valence-corrected chi connectivity index (χ4v) is 1.90. The number of guanidine groups is 1. The monoisotopic (exact) mass is 189 g/mol. The maximum atomic E-state index is 11.4. The van der Waals surface area contributed by atoms with Gasteiger partial charge in [0.05, 0.1) is 0 Å². The maximum Gasteiger partial charge on any atom is 0.202 e. The van der Waals surface area contributed by atoms with E-state index in [1.54, 1.807) is 13.3 Å². The molecule has 1 rings (SSSR count). The van der Waals surface area contributed by atoms with Gasteiger partial charge < -0.3 is 9.80 Å². The van der Waals surface area contributed by atoms with Gasteiger partial charge in [0, 0.05) is 40.5 Å². The molecule has 0 aromatic rings. The van der Waals surface area contributed by atoms with Crippen molar-refractivity contribution >= 4 is 13.3 Å². The van der Waals surface area contributed by atoms with Gasteiger partial charge in [0.15, 0.2) is 7.29 Å². The summed E-state index contributed by atoms with van der Waals surface area (Å²) < 4.78 is 15.6. The smallest absolute Gasteiger partial charge is 0.202 e. The summed E-state index contributed by atoms with van der Waals surface area (Å²) in [5.74, 6) is 0.850. The Balaban J connectivity index is 2.86. The molecule has 0 aromatic heterocycles. The highest BCUT2D eigenvalue weighted by atomic mass is 31.2. The van der Waals surface area contributed by atoms with Gasteiger partial charge in [0.1, 0.15) is 0 Å². The molecule has 0 N–H and O–H groups in total. The first-order valence-electron chi connectivity index (χ1n) is 3.97. The molecular weight excluding hydrogens is 173 g/mol. The minimum atomic E-state index is -2.28. The van der Waals surface area contributed by atoms with Crippen LogP contribution >= 0.6 is 7.29 Å². The molecule has 1 heterocycles. The first-order valence-corrected chi connectivity index (χ1v) is 6.53. The Labute approximate surface area is 73.7 Å². The van der Waals surface area contributed by atoms with Crippen LogP contribution < -0.4 is 0 Å². The molecule has 0 atom stereocenters. The van der Waals surface area contributed by atoms with Crippen LogP contribution in [-0.2, 0) is 4.57 Å². The van der Waals surface area contributed by atoms with E-state index in [0.717, 1.165) is 19.0 Å². The Morgan fingerprint density at radius 3 is 2.00 bits per heavy atom. The van der Waals surface area contributed by atoms with Crippen LogP contribution in [0.2, 0.25) is 0 Å². The van der Waals surface area contributed by atoms with E-state index in [2.05, 4.69) is 4.76 Å². The third kappa shape index (κ3) is 2.24. The molecule has 70 valence electrons. The van der Waals surface area contributed by atoms with Crippen LogP contribution in [0.25, 0.3) is 0 Å². The van der Waals surface area contributed by atoms with Crippen molar-refractivity contribution in [1.29, 1.82) is 0 Å². The lowest BCUT2D eigenvalue weighted by atomic mass is 10.6. The highest BCUT2D eigenvalue weighted by Gasteiger charge is 2.21. The second-order valence-electron chi connectivity index (χ2n) is 3.54. The fourth-order valence-electron chi connectivity index (χ4n) is 1.16. The lowest BCUT2D eigenvalue weighted by Crippen LogP contribution is -2.27. The molecule has 0 aromatic carbocycles. The highest BCUT2D eigenvalue weighted by Crippen LogP contribution is 2.38. The van der Waals surface area contributed by atoms with E-state index in [1.165, 1.54) is 0 Å². The molecular formula is C7H16N3OP. The van der Waals surface area contributed by atoms with Gasteiger partial charge in [-0.05, 0) is 0 Å². The molecule has 0 spiro atoms. The highest BCUT2D eigenvalue weighted by molar-refractivity contribution is 7.61. The fraction of sp³-hybridized carbons (Fsp3) is 0.857. The summed E-state index contributed by atoms with van der Waals surface area (Å²) in [5.41, 5.74) is 0. The summed E-state index contributed by atoms with van der Waals surface area (Å²) in [6.45, 7) is 5.30. The molecule has 0 saturated carbocycles. The van der Waals surface area contributed by atoms with Crippen LogP contribution in [0.5, 0.6) is 0 Å². The summed E-state index contributed by atoms with van der Waals surface area (Å²) >= 11 is 0. The van der Waals surface area contributed by atoms with Crippen LogP contribution in [0, 0.1) is 0 Å². The van der Waals surface area contributed by atoms with Crippen LogP contribution in [0.15, 0.2) is 4.76 Å². The van der Waals surface area contributed by atoms with Gasteiger partial charge in [-0.15, -0.1) is 0 Å². The van der Waals surface area contributed by atoms with Crippen molar-refractivity contribution in [2.24, 2.45) is 4.76 Å². The Kier molecular flexibility index (Phi) is 2.47. The third-order valence-electron chi connectivity index (χ3n) is 1.78. The number of hydrogen-bond acceptors (Lipinski definition) is 1. The van der Waals surface area contributed by atoms with Crippen LogP contribution in [0.1, 0.15) is 0 Å². The summed E-state index contributed by atoms with van der Waals surface area (Å²) in [4.78, 5) is 4.05. The number of rotatable bonds is 1. The Hall–Kier alpha value is -0.500. The topological polar surface area (TPSA) is 35.9 Å². The molecule has 0 unspecified atom stereocenters. The minimum absolute atomic E-state index is 0.850.